The lowest BCUT2D eigenvalue weighted by molar-refractivity contribution is -0.118. The summed E-state index contributed by atoms with van der Waals surface area (Å²) in [5.74, 6) is -0.123. The lowest BCUT2D eigenvalue weighted by Crippen LogP contribution is -2.20. The highest BCUT2D eigenvalue weighted by Gasteiger charge is 2.13. The number of rotatable bonds is 5. The van der Waals surface area contributed by atoms with Crippen LogP contribution in [-0.4, -0.2) is 17.5 Å². The van der Waals surface area contributed by atoms with Crippen LogP contribution in [0, 0.1) is 0 Å². The van der Waals surface area contributed by atoms with Crippen LogP contribution >= 0.6 is 11.6 Å². The summed E-state index contributed by atoms with van der Waals surface area (Å²) in [6, 6.07) is 17.5. The summed E-state index contributed by atoms with van der Waals surface area (Å²) in [6.07, 6.45) is 3.14. The van der Waals surface area contributed by atoms with Crippen LogP contribution in [0.4, 0.5) is 5.69 Å². The molecular weight excluding hydrogens is 392 g/mol. The van der Waals surface area contributed by atoms with Crippen molar-refractivity contribution in [3.05, 3.63) is 88.5 Å². The highest BCUT2D eigenvalue weighted by atomic mass is 35.5. The lowest BCUT2D eigenvalue weighted by Gasteiger charge is -2.11. The van der Waals surface area contributed by atoms with E-state index in [4.69, 9.17) is 20.8 Å². The predicted molar refractivity (Wildman–Crippen MR) is 111 cm³/mol. The molecule has 0 aliphatic rings. The number of hydrogen-bond donors (Lipinski definition) is 1. The Morgan fingerprint density at radius 1 is 1.10 bits per heavy atom. The molecule has 29 heavy (non-hydrogen) atoms. The van der Waals surface area contributed by atoms with Gasteiger partial charge in [0.05, 0.1) is 16.9 Å². The zero-order valence-corrected chi connectivity index (χ0v) is 15.8. The van der Waals surface area contributed by atoms with Crippen LogP contribution in [0.2, 0.25) is 5.02 Å². The van der Waals surface area contributed by atoms with Crippen molar-refractivity contribution in [2.24, 2.45) is 0 Å². The number of hydrogen-bond acceptors (Lipinski definition) is 5. The SMILES string of the molecule is O=C(COc1cc2oc(=O)cc(-c3ccccc3)c2cc1Cl)Nc1cccnc1. The van der Waals surface area contributed by atoms with Crippen molar-refractivity contribution >= 4 is 34.2 Å². The molecule has 0 saturated carbocycles. The number of benzene rings is 2. The molecule has 0 aliphatic carbocycles. The summed E-state index contributed by atoms with van der Waals surface area (Å²) >= 11 is 6.36. The van der Waals surface area contributed by atoms with Gasteiger partial charge in [-0.15, -0.1) is 0 Å². The van der Waals surface area contributed by atoms with E-state index in [0.29, 0.717) is 27.2 Å². The second-order valence-electron chi connectivity index (χ2n) is 6.20. The molecule has 0 bridgehead atoms. The Balaban J connectivity index is 1.61. The fourth-order valence-corrected chi connectivity index (χ4v) is 3.13. The number of anilines is 1. The van der Waals surface area contributed by atoms with Gasteiger partial charge in [-0.3, -0.25) is 9.78 Å². The molecule has 144 valence electrons. The summed E-state index contributed by atoms with van der Waals surface area (Å²) in [5, 5.41) is 3.64. The van der Waals surface area contributed by atoms with Crippen LogP contribution in [0.15, 0.2) is 82.3 Å². The minimum Gasteiger partial charge on any atom is -0.482 e. The second-order valence-corrected chi connectivity index (χ2v) is 6.61. The molecule has 0 spiro atoms. The van der Waals surface area contributed by atoms with Crippen molar-refractivity contribution < 1.29 is 13.9 Å². The minimum atomic E-state index is -0.487. The Bertz CT molecular complexity index is 1220. The maximum atomic E-state index is 12.1. The van der Waals surface area contributed by atoms with E-state index >= 15 is 0 Å². The molecule has 2 aromatic carbocycles. The molecule has 0 fully saturated rings. The van der Waals surface area contributed by atoms with E-state index in [1.54, 1.807) is 24.4 Å². The van der Waals surface area contributed by atoms with Gasteiger partial charge in [0.1, 0.15) is 11.3 Å². The summed E-state index contributed by atoms with van der Waals surface area (Å²) in [6.45, 7) is -0.261. The van der Waals surface area contributed by atoms with Gasteiger partial charge < -0.3 is 14.5 Å². The topological polar surface area (TPSA) is 81.4 Å². The van der Waals surface area contributed by atoms with Gasteiger partial charge in [-0.25, -0.2) is 4.79 Å². The maximum Gasteiger partial charge on any atom is 0.336 e. The van der Waals surface area contributed by atoms with Gasteiger partial charge in [0, 0.05) is 23.7 Å². The predicted octanol–water partition coefficient (Wildman–Crippen LogP) is 4.53. The third kappa shape index (κ3) is 4.28. The summed E-state index contributed by atoms with van der Waals surface area (Å²) in [4.78, 5) is 28.0. The molecule has 0 saturated heterocycles. The molecule has 7 heteroatoms. The second kappa shape index (κ2) is 8.16. The zero-order valence-electron chi connectivity index (χ0n) is 15.1. The van der Waals surface area contributed by atoms with E-state index in [-0.39, 0.29) is 18.3 Å². The Kier molecular flexibility index (Phi) is 5.27. The highest BCUT2D eigenvalue weighted by molar-refractivity contribution is 6.33. The third-order valence-electron chi connectivity index (χ3n) is 4.19. The van der Waals surface area contributed by atoms with Crippen LogP contribution in [-0.2, 0) is 4.79 Å². The molecule has 0 aliphatic heterocycles. The van der Waals surface area contributed by atoms with Crippen LogP contribution in [0.3, 0.4) is 0 Å². The average Bonchev–Trinajstić information content (AvgIpc) is 2.73. The molecule has 0 radical (unpaired) electrons. The molecule has 1 amide bonds. The number of pyridine rings is 1. The standard InChI is InChI=1S/C22H15ClN2O4/c23-18-9-17-16(14-5-2-1-3-6-14)10-22(27)29-19(17)11-20(18)28-13-21(26)25-15-7-4-8-24-12-15/h1-12H,13H2,(H,25,26). The fourth-order valence-electron chi connectivity index (χ4n) is 2.91. The number of ether oxygens (including phenoxy) is 1. The van der Waals surface area contributed by atoms with Crippen molar-refractivity contribution in [3.63, 3.8) is 0 Å². The van der Waals surface area contributed by atoms with Crippen molar-refractivity contribution in [1.29, 1.82) is 0 Å². The van der Waals surface area contributed by atoms with E-state index < -0.39 is 5.63 Å². The Labute approximate surface area is 170 Å². The van der Waals surface area contributed by atoms with Gasteiger partial charge in [-0.2, -0.15) is 0 Å². The average molecular weight is 407 g/mol. The molecule has 0 atom stereocenters. The highest BCUT2D eigenvalue weighted by Crippen LogP contribution is 2.34. The molecular formula is C22H15ClN2O4. The number of aromatic nitrogens is 1. The van der Waals surface area contributed by atoms with Crippen LogP contribution < -0.4 is 15.7 Å². The monoisotopic (exact) mass is 406 g/mol. The van der Waals surface area contributed by atoms with Crippen molar-refractivity contribution in [2.75, 3.05) is 11.9 Å². The number of nitrogens with one attached hydrogen (secondary N) is 1. The Morgan fingerprint density at radius 2 is 1.93 bits per heavy atom. The van der Waals surface area contributed by atoms with Crippen molar-refractivity contribution in [2.45, 2.75) is 0 Å². The van der Waals surface area contributed by atoms with Gasteiger partial charge in [-0.1, -0.05) is 41.9 Å². The number of halogens is 1. The van der Waals surface area contributed by atoms with Gasteiger partial charge in [0.25, 0.3) is 5.91 Å². The maximum absolute atomic E-state index is 12.1. The molecule has 6 nitrogen and oxygen atoms in total. The minimum absolute atomic E-state index is 0.244. The first-order valence-corrected chi connectivity index (χ1v) is 9.13. The quantitative estimate of drug-likeness (QED) is 0.492. The first-order chi connectivity index (χ1) is 14.1. The molecule has 0 unspecified atom stereocenters. The molecule has 2 heterocycles. The third-order valence-corrected chi connectivity index (χ3v) is 4.48. The largest absolute Gasteiger partial charge is 0.482 e. The van der Waals surface area contributed by atoms with Crippen molar-refractivity contribution in [1.82, 2.24) is 4.98 Å². The molecule has 2 aromatic heterocycles. The number of carbonyl (C=O) groups is 1. The first-order valence-electron chi connectivity index (χ1n) is 8.75. The summed E-state index contributed by atoms with van der Waals surface area (Å²) in [5.41, 5.74) is 1.97. The Morgan fingerprint density at radius 3 is 2.69 bits per heavy atom. The van der Waals surface area contributed by atoms with E-state index in [2.05, 4.69) is 10.3 Å². The zero-order chi connectivity index (χ0) is 20.2. The van der Waals surface area contributed by atoms with Gasteiger partial charge in [0.2, 0.25) is 0 Å². The van der Waals surface area contributed by atoms with Gasteiger partial charge in [0.15, 0.2) is 6.61 Å². The molecule has 1 N–H and O–H groups in total. The molecule has 4 aromatic rings. The normalized spacial score (nSPS) is 10.7. The molecule has 4 rings (SSSR count). The number of amides is 1. The fraction of sp³-hybridized carbons (Fsp3) is 0.0455. The van der Waals surface area contributed by atoms with E-state index in [0.717, 1.165) is 5.56 Å². The lowest BCUT2D eigenvalue weighted by atomic mass is 10.0. The smallest absolute Gasteiger partial charge is 0.336 e. The van der Waals surface area contributed by atoms with E-state index in [1.165, 1.54) is 18.3 Å². The van der Waals surface area contributed by atoms with E-state index in [9.17, 15) is 9.59 Å². The van der Waals surface area contributed by atoms with Gasteiger partial charge in [-0.05, 0) is 29.3 Å². The van der Waals surface area contributed by atoms with Crippen LogP contribution in [0.1, 0.15) is 0 Å². The van der Waals surface area contributed by atoms with Crippen LogP contribution in [0.25, 0.3) is 22.1 Å². The Hall–Kier alpha value is -3.64. The summed E-state index contributed by atoms with van der Waals surface area (Å²) in [7, 11) is 0. The van der Waals surface area contributed by atoms with E-state index in [1.807, 2.05) is 30.3 Å². The summed E-state index contributed by atoms with van der Waals surface area (Å²) < 4.78 is 10.9. The van der Waals surface area contributed by atoms with Gasteiger partial charge >= 0.3 is 5.63 Å². The van der Waals surface area contributed by atoms with Crippen molar-refractivity contribution in [3.8, 4) is 16.9 Å². The van der Waals surface area contributed by atoms with Crippen LogP contribution in [0.5, 0.6) is 5.75 Å². The first kappa shape index (κ1) is 18.7. The number of nitrogens with zero attached hydrogens (tertiary/aromatic N) is 1. The number of fused-ring (bicyclic) bond motifs is 1. The number of carbonyl (C=O) groups excluding carboxylic acids is 1.